The number of ketones is 1. The van der Waals surface area contributed by atoms with Crippen LogP contribution >= 0.6 is 0 Å². The van der Waals surface area contributed by atoms with Gasteiger partial charge in [0.2, 0.25) is 0 Å². The van der Waals surface area contributed by atoms with Crippen LogP contribution in [0.2, 0.25) is 0 Å². The minimum Gasteiger partial charge on any atom is -0.319 e. The fraction of sp³-hybridized carbons (Fsp3) is 0.269. The minimum absolute atomic E-state index is 0.223. The summed E-state index contributed by atoms with van der Waals surface area (Å²) in [5.41, 5.74) is 2.57. The molecule has 1 heterocycles. The second-order valence-corrected chi connectivity index (χ2v) is 8.59. The quantitative estimate of drug-likeness (QED) is 0.511. The molecule has 1 saturated heterocycles. The van der Waals surface area contributed by atoms with Crippen molar-refractivity contribution in [3.63, 3.8) is 0 Å². The Morgan fingerprint density at radius 1 is 0.968 bits per heavy atom. The van der Waals surface area contributed by atoms with E-state index in [1.807, 2.05) is 60.7 Å². The van der Waals surface area contributed by atoms with E-state index in [0.717, 1.165) is 40.5 Å². The molecule has 1 N–H and O–H groups in total. The topological polar surface area (TPSA) is 66.5 Å². The summed E-state index contributed by atoms with van der Waals surface area (Å²) in [7, 11) is 0. The van der Waals surface area contributed by atoms with Crippen LogP contribution in [0.4, 0.5) is 4.79 Å². The molecular formula is C26H24N2O3. The van der Waals surface area contributed by atoms with Crippen molar-refractivity contribution in [2.45, 2.75) is 38.1 Å². The van der Waals surface area contributed by atoms with Gasteiger partial charge in [0.15, 0.2) is 5.78 Å². The molecule has 3 aromatic carbocycles. The van der Waals surface area contributed by atoms with Gasteiger partial charge < -0.3 is 5.32 Å². The Balaban J connectivity index is 1.43. The van der Waals surface area contributed by atoms with Gasteiger partial charge in [0.25, 0.3) is 5.91 Å². The lowest BCUT2D eigenvalue weighted by atomic mass is 9.87. The Bertz CT molecular complexity index is 1230. The molecule has 1 unspecified atom stereocenters. The fourth-order valence-corrected chi connectivity index (χ4v) is 4.83. The zero-order chi connectivity index (χ0) is 21.6. The number of fused-ring (bicyclic) bond motifs is 2. The Morgan fingerprint density at radius 3 is 2.55 bits per heavy atom. The largest absolute Gasteiger partial charge is 0.325 e. The van der Waals surface area contributed by atoms with Gasteiger partial charge in [-0.15, -0.1) is 0 Å². The molecule has 31 heavy (non-hydrogen) atoms. The molecule has 1 aliphatic heterocycles. The van der Waals surface area contributed by atoms with Crippen molar-refractivity contribution in [1.82, 2.24) is 10.2 Å². The highest BCUT2D eigenvalue weighted by atomic mass is 16.2. The average molecular weight is 412 g/mol. The summed E-state index contributed by atoms with van der Waals surface area (Å²) < 4.78 is 0. The molecule has 0 bridgehead atoms. The fourth-order valence-electron chi connectivity index (χ4n) is 4.83. The number of aryl methyl sites for hydroxylation is 2. The summed E-state index contributed by atoms with van der Waals surface area (Å²) in [6.07, 6.45) is 4.31. The van der Waals surface area contributed by atoms with Gasteiger partial charge >= 0.3 is 6.03 Å². The molecule has 2 aliphatic rings. The summed E-state index contributed by atoms with van der Waals surface area (Å²) in [6.45, 7) is 1.45. The zero-order valence-electron chi connectivity index (χ0n) is 17.5. The number of carbonyl (C=O) groups is 3. The average Bonchev–Trinajstić information content (AvgIpc) is 3.02. The third kappa shape index (κ3) is 3.21. The van der Waals surface area contributed by atoms with E-state index in [1.54, 1.807) is 6.92 Å². The van der Waals surface area contributed by atoms with Crippen LogP contribution in [0.5, 0.6) is 0 Å². The first kappa shape index (κ1) is 19.5. The molecule has 5 heteroatoms. The van der Waals surface area contributed by atoms with Gasteiger partial charge in [-0.1, -0.05) is 54.6 Å². The van der Waals surface area contributed by atoms with Crippen LogP contribution < -0.4 is 5.32 Å². The number of carbonyl (C=O) groups excluding carboxylic acids is 3. The maximum atomic E-state index is 13.4. The number of amides is 3. The maximum Gasteiger partial charge on any atom is 0.325 e. The van der Waals surface area contributed by atoms with Gasteiger partial charge in [0.05, 0.1) is 6.54 Å². The van der Waals surface area contributed by atoms with E-state index in [9.17, 15) is 14.4 Å². The van der Waals surface area contributed by atoms with Crippen molar-refractivity contribution in [3.8, 4) is 0 Å². The lowest BCUT2D eigenvalue weighted by Gasteiger charge is -2.24. The number of benzene rings is 3. The highest BCUT2D eigenvalue weighted by molar-refractivity contribution is 6.12. The SMILES string of the molecule is CC1(c2cccc3ccccc23)NC(=O)N(CC(=O)c2ccc3c(c2)CCCC3)C1=O. The molecule has 0 spiro atoms. The Kier molecular flexibility index (Phi) is 4.62. The first-order valence-corrected chi connectivity index (χ1v) is 10.7. The van der Waals surface area contributed by atoms with E-state index in [0.29, 0.717) is 5.56 Å². The van der Waals surface area contributed by atoms with Gasteiger partial charge in [0, 0.05) is 5.56 Å². The van der Waals surface area contributed by atoms with E-state index in [1.165, 1.54) is 17.5 Å². The van der Waals surface area contributed by atoms with E-state index >= 15 is 0 Å². The van der Waals surface area contributed by atoms with Gasteiger partial charge in [-0.05, 0) is 66.1 Å². The smallest absolute Gasteiger partial charge is 0.319 e. The summed E-state index contributed by atoms with van der Waals surface area (Å²) in [5.74, 6) is -0.626. The summed E-state index contributed by atoms with van der Waals surface area (Å²) in [4.78, 5) is 40.1. The zero-order valence-corrected chi connectivity index (χ0v) is 17.5. The highest BCUT2D eigenvalue weighted by Crippen LogP contribution is 2.34. The van der Waals surface area contributed by atoms with Crippen molar-refractivity contribution in [2.24, 2.45) is 0 Å². The Labute approximate surface area is 181 Å². The molecule has 156 valence electrons. The molecule has 1 fully saturated rings. The monoisotopic (exact) mass is 412 g/mol. The third-order valence-electron chi connectivity index (χ3n) is 6.58. The van der Waals surface area contributed by atoms with Crippen LogP contribution in [0.25, 0.3) is 10.8 Å². The van der Waals surface area contributed by atoms with Crippen molar-refractivity contribution in [3.05, 3.63) is 82.9 Å². The number of Topliss-reactive ketones (excluding diaryl/α,β-unsaturated/α-hetero) is 1. The first-order valence-electron chi connectivity index (χ1n) is 10.7. The normalized spacial score (nSPS) is 20.6. The second kappa shape index (κ2) is 7.34. The number of nitrogens with one attached hydrogen (secondary N) is 1. The Hall–Kier alpha value is -3.47. The second-order valence-electron chi connectivity index (χ2n) is 8.59. The number of rotatable bonds is 4. The number of hydrogen-bond donors (Lipinski definition) is 1. The summed E-state index contributed by atoms with van der Waals surface area (Å²) in [6, 6.07) is 18.7. The summed E-state index contributed by atoms with van der Waals surface area (Å²) >= 11 is 0. The molecule has 3 aromatic rings. The highest BCUT2D eigenvalue weighted by Gasteiger charge is 2.50. The van der Waals surface area contributed by atoms with Crippen molar-refractivity contribution < 1.29 is 14.4 Å². The maximum absolute atomic E-state index is 13.4. The number of hydrogen-bond acceptors (Lipinski definition) is 3. The minimum atomic E-state index is -1.21. The molecule has 0 saturated carbocycles. The van der Waals surface area contributed by atoms with E-state index in [-0.39, 0.29) is 12.3 Å². The lowest BCUT2D eigenvalue weighted by molar-refractivity contribution is -0.130. The lowest BCUT2D eigenvalue weighted by Crippen LogP contribution is -2.41. The van der Waals surface area contributed by atoms with Crippen LogP contribution in [0, 0.1) is 0 Å². The standard InChI is InChI=1S/C26H24N2O3/c1-26(22-12-6-10-18-8-4-5-11-21(18)22)24(30)28(25(31)27-26)16-23(29)20-14-13-17-7-2-3-9-19(17)15-20/h4-6,8,10-15H,2-3,7,9,16H2,1H3,(H,27,31). The van der Waals surface area contributed by atoms with Gasteiger partial charge in [-0.25, -0.2) is 4.79 Å². The van der Waals surface area contributed by atoms with Crippen molar-refractivity contribution in [1.29, 1.82) is 0 Å². The van der Waals surface area contributed by atoms with Gasteiger partial charge in [0.1, 0.15) is 5.54 Å². The molecular weight excluding hydrogens is 388 g/mol. The van der Waals surface area contributed by atoms with Gasteiger partial charge in [-0.3, -0.25) is 14.5 Å². The Morgan fingerprint density at radius 2 is 1.71 bits per heavy atom. The molecule has 5 rings (SSSR count). The number of urea groups is 1. The van der Waals surface area contributed by atoms with Crippen molar-refractivity contribution >= 4 is 28.5 Å². The number of imide groups is 1. The van der Waals surface area contributed by atoms with Crippen LogP contribution in [0.3, 0.4) is 0 Å². The first-order chi connectivity index (χ1) is 15.0. The van der Waals surface area contributed by atoms with Crippen LogP contribution in [0.15, 0.2) is 60.7 Å². The van der Waals surface area contributed by atoms with Gasteiger partial charge in [-0.2, -0.15) is 0 Å². The summed E-state index contributed by atoms with van der Waals surface area (Å²) in [5, 5.41) is 4.73. The van der Waals surface area contributed by atoms with Crippen LogP contribution in [-0.2, 0) is 23.2 Å². The van der Waals surface area contributed by atoms with E-state index in [4.69, 9.17) is 0 Å². The van der Waals surface area contributed by atoms with E-state index in [2.05, 4.69) is 5.32 Å². The van der Waals surface area contributed by atoms with E-state index < -0.39 is 17.5 Å². The molecule has 0 aromatic heterocycles. The van der Waals surface area contributed by atoms with Crippen LogP contribution in [0.1, 0.15) is 46.8 Å². The molecule has 3 amide bonds. The molecule has 0 radical (unpaired) electrons. The molecule has 1 aliphatic carbocycles. The molecule has 5 nitrogen and oxygen atoms in total. The molecule has 1 atom stereocenters. The third-order valence-corrected chi connectivity index (χ3v) is 6.58. The van der Waals surface area contributed by atoms with Crippen LogP contribution in [-0.4, -0.2) is 29.2 Å². The predicted molar refractivity (Wildman–Crippen MR) is 119 cm³/mol. The predicted octanol–water partition coefficient (Wildman–Crippen LogP) is 4.37. The number of nitrogens with zero attached hydrogens (tertiary/aromatic N) is 1. The van der Waals surface area contributed by atoms with Crippen molar-refractivity contribution in [2.75, 3.05) is 6.54 Å².